The predicted molar refractivity (Wildman–Crippen MR) is 65.7 cm³/mol. The van der Waals surface area contributed by atoms with Gasteiger partial charge >= 0.3 is 0 Å². The number of halogens is 2. The Morgan fingerprint density at radius 3 is 2.21 bits per heavy atom. The molecule has 2 rings (SSSR count). The molecule has 0 bridgehead atoms. The maximum absolute atomic E-state index is 13.1. The summed E-state index contributed by atoms with van der Waals surface area (Å²) in [4.78, 5) is 23.8. The number of anilines is 1. The Hall–Kier alpha value is -2.56. The molecule has 0 aliphatic carbocycles. The number of imide groups is 1. The Bertz CT molecular complexity index is 628. The lowest BCUT2D eigenvalue weighted by molar-refractivity contribution is -0.106. The Balaban J connectivity index is 2.37. The minimum atomic E-state index is -0.722. The summed E-state index contributed by atoms with van der Waals surface area (Å²) in [6.07, 6.45) is 0.266. The molecule has 0 aliphatic rings. The van der Waals surface area contributed by atoms with Gasteiger partial charge in [0.15, 0.2) is 0 Å². The van der Waals surface area contributed by atoms with E-state index >= 15 is 0 Å². The second-order valence-electron chi connectivity index (χ2n) is 3.77. The van der Waals surface area contributed by atoms with Gasteiger partial charge < -0.3 is 0 Å². The molecule has 0 aliphatic heterocycles. The summed E-state index contributed by atoms with van der Waals surface area (Å²) >= 11 is 0. The van der Waals surface area contributed by atoms with Crippen molar-refractivity contribution in [1.82, 2.24) is 0 Å². The standard InChI is InChI=1S/C14H9F2NO2/c15-11-4-1-3-10(7-11)14(19)17(9-18)13-6-2-5-12(16)8-13/h1-9H. The smallest absolute Gasteiger partial charge is 0.264 e. The van der Waals surface area contributed by atoms with Crippen molar-refractivity contribution in [3.8, 4) is 0 Å². The highest BCUT2D eigenvalue weighted by atomic mass is 19.1. The second-order valence-corrected chi connectivity index (χ2v) is 3.77. The lowest BCUT2D eigenvalue weighted by Gasteiger charge is -2.15. The Labute approximate surface area is 108 Å². The van der Waals surface area contributed by atoms with Gasteiger partial charge in [-0.05, 0) is 36.4 Å². The second kappa shape index (κ2) is 5.39. The van der Waals surface area contributed by atoms with Crippen LogP contribution < -0.4 is 4.90 Å². The molecule has 2 amide bonds. The van der Waals surface area contributed by atoms with Crippen molar-refractivity contribution in [2.75, 3.05) is 4.90 Å². The first kappa shape index (κ1) is 12.9. The molecule has 0 N–H and O–H groups in total. The topological polar surface area (TPSA) is 37.4 Å². The number of nitrogens with zero attached hydrogens (tertiary/aromatic N) is 1. The van der Waals surface area contributed by atoms with E-state index in [1.54, 1.807) is 0 Å². The van der Waals surface area contributed by atoms with E-state index < -0.39 is 17.5 Å². The summed E-state index contributed by atoms with van der Waals surface area (Å²) < 4.78 is 26.1. The molecule has 2 aromatic rings. The summed E-state index contributed by atoms with van der Waals surface area (Å²) in [5, 5.41) is 0. The van der Waals surface area contributed by atoms with Gasteiger partial charge in [0.05, 0.1) is 5.69 Å². The van der Waals surface area contributed by atoms with Crippen LogP contribution >= 0.6 is 0 Å². The molecule has 0 radical (unpaired) electrons. The zero-order valence-corrected chi connectivity index (χ0v) is 9.72. The first-order chi connectivity index (χ1) is 9.11. The summed E-state index contributed by atoms with van der Waals surface area (Å²) in [5.74, 6) is -1.88. The minimum Gasteiger partial charge on any atom is -0.278 e. The van der Waals surface area contributed by atoms with E-state index in [1.165, 1.54) is 36.4 Å². The number of amides is 2. The fourth-order valence-corrected chi connectivity index (χ4v) is 1.61. The van der Waals surface area contributed by atoms with Crippen molar-refractivity contribution >= 4 is 18.0 Å². The number of rotatable bonds is 3. The van der Waals surface area contributed by atoms with E-state index in [4.69, 9.17) is 0 Å². The molecule has 0 fully saturated rings. The highest BCUT2D eigenvalue weighted by molar-refractivity contribution is 6.15. The van der Waals surface area contributed by atoms with Crippen LogP contribution in [0.1, 0.15) is 10.4 Å². The van der Waals surface area contributed by atoms with E-state index in [0.29, 0.717) is 0 Å². The van der Waals surface area contributed by atoms with E-state index in [0.717, 1.165) is 17.0 Å². The van der Waals surface area contributed by atoms with Gasteiger partial charge in [0.2, 0.25) is 6.41 Å². The van der Waals surface area contributed by atoms with E-state index in [1.807, 2.05) is 0 Å². The fraction of sp³-hybridized carbons (Fsp3) is 0. The van der Waals surface area contributed by atoms with Crippen LogP contribution in [0.3, 0.4) is 0 Å². The molecule has 0 saturated heterocycles. The molecule has 0 unspecified atom stereocenters. The third kappa shape index (κ3) is 2.82. The number of benzene rings is 2. The van der Waals surface area contributed by atoms with Gasteiger partial charge in [-0.15, -0.1) is 0 Å². The largest absolute Gasteiger partial charge is 0.278 e. The highest BCUT2D eigenvalue weighted by Crippen LogP contribution is 2.17. The molecular formula is C14H9F2NO2. The molecule has 5 heteroatoms. The molecule has 19 heavy (non-hydrogen) atoms. The van der Waals surface area contributed by atoms with Crippen LogP contribution in [0, 0.1) is 11.6 Å². The average Bonchev–Trinajstić information content (AvgIpc) is 2.39. The molecule has 2 aromatic carbocycles. The van der Waals surface area contributed by atoms with Gasteiger partial charge in [-0.1, -0.05) is 12.1 Å². The number of hydrogen-bond donors (Lipinski definition) is 0. The monoisotopic (exact) mass is 261 g/mol. The van der Waals surface area contributed by atoms with Gasteiger partial charge in [-0.2, -0.15) is 0 Å². The first-order valence-electron chi connectivity index (χ1n) is 5.42. The number of carbonyl (C=O) groups is 2. The fourth-order valence-electron chi connectivity index (χ4n) is 1.61. The third-order valence-electron chi connectivity index (χ3n) is 2.48. The molecule has 0 heterocycles. The van der Waals surface area contributed by atoms with Crippen molar-refractivity contribution in [2.45, 2.75) is 0 Å². The van der Waals surface area contributed by atoms with Crippen LogP contribution in [0.25, 0.3) is 0 Å². The molecular weight excluding hydrogens is 252 g/mol. The van der Waals surface area contributed by atoms with Crippen LogP contribution in [0.4, 0.5) is 14.5 Å². The van der Waals surface area contributed by atoms with Crippen molar-refractivity contribution < 1.29 is 18.4 Å². The van der Waals surface area contributed by atoms with E-state index in [2.05, 4.69) is 0 Å². The van der Waals surface area contributed by atoms with E-state index in [9.17, 15) is 18.4 Å². The van der Waals surface area contributed by atoms with Crippen molar-refractivity contribution in [1.29, 1.82) is 0 Å². The lowest BCUT2D eigenvalue weighted by atomic mass is 10.2. The molecule has 96 valence electrons. The molecule has 0 atom stereocenters. The minimum absolute atomic E-state index is 0.0105. The molecule has 0 aromatic heterocycles. The Morgan fingerprint density at radius 1 is 1.00 bits per heavy atom. The predicted octanol–water partition coefficient (Wildman–Crippen LogP) is 2.77. The van der Waals surface area contributed by atoms with E-state index in [-0.39, 0.29) is 17.7 Å². The van der Waals surface area contributed by atoms with Gasteiger partial charge in [-0.3, -0.25) is 9.59 Å². The zero-order valence-electron chi connectivity index (χ0n) is 9.72. The van der Waals surface area contributed by atoms with Crippen LogP contribution in [-0.4, -0.2) is 12.3 Å². The Kier molecular flexibility index (Phi) is 3.66. The van der Waals surface area contributed by atoms with Crippen LogP contribution in [0.15, 0.2) is 48.5 Å². The van der Waals surface area contributed by atoms with Gasteiger partial charge in [0, 0.05) is 5.56 Å². The normalized spacial score (nSPS) is 10.0. The maximum Gasteiger partial charge on any atom is 0.264 e. The zero-order chi connectivity index (χ0) is 13.8. The SMILES string of the molecule is O=CN(C(=O)c1cccc(F)c1)c1cccc(F)c1. The first-order valence-corrected chi connectivity index (χ1v) is 5.42. The number of carbonyl (C=O) groups excluding carboxylic acids is 2. The lowest BCUT2D eigenvalue weighted by Crippen LogP contribution is -2.29. The Morgan fingerprint density at radius 2 is 1.63 bits per heavy atom. The van der Waals surface area contributed by atoms with Crippen molar-refractivity contribution in [3.63, 3.8) is 0 Å². The van der Waals surface area contributed by atoms with Crippen molar-refractivity contribution in [2.24, 2.45) is 0 Å². The molecule has 3 nitrogen and oxygen atoms in total. The quantitative estimate of drug-likeness (QED) is 0.797. The highest BCUT2D eigenvalue weighted by Gasteiger charge is 2.17. The van der Waals surface area contributed by atoms with Gasteiger partial charge in [0.1, 0.15) is 11.6 Å². The average molecular weight is 261 g/mol. The van der Waals surface area contributed by atoms with Gasteiger partial charge in [-0.25, -0.2) is 13.7 Å². The van der Waals surface area contributed by atoms with Crippen LogP contribution in [0.2, 0.25) is 0 Å². The molecule has 0 saturated carbocycles. The number of hydrogen-bond acceptors (Lipinski definition) is 2. The summed E-state index contributed by atoms with van der Waals surface area (Å²) in [6.45, 7) is 0. The van der Waals surface area contributed by atoms with Gasteiger partial charge in [0.25, 0.3) is 5.91 Å². The third-order valence-corrected chi connectivity index (χ3v) is 2.48. The maximum atomic E-state index is 13.1. The van der Waals surface area contributed by atoms with Crippen LogP contribution in [-0.2, 0) is 4.79 Å². The molecule has 0 spiro atoms. The summed E-state index contributed by atoms with van der Waals surface area (Å²) in [6, 6.07) is 9.96. The summed E-state index contributed by atoms with van der Waals surface area (Å²) in [7, 11) is 0. The van der Waals surface area contributed by atoms with Crippen molar-refractivity contribution in [3.05, 3.63) is 65.7 Å². The summed E-state index contributed by atoms with van der Waals surface area (Å²) in [5.41, 5.74) is 0.0978. The van der Waals surface area contributed by atoms with Crippen LogP contribution in [0.5, 0.6) is 0 Å².